The van der Waals surface area contributed by atoms with Gasteiger partial charge in [0.25, 0.3) is 0 Å². The Labute approximate surface area is 237 Å². The van der Waals surface area contributed by atoms with Crippen molar-refractivity contribution in [2.24, 2.45) is 62.4 Å². The van der Waals surface area contributed by atoms with Crippen molar-refractivity contribution in [1.29, 1.82) is 0 Å². The summed E-state index contributed by atoms with van der Waals surface area (Å²) in [4.78, 5) is 25.5. The molecule has 0 heterocycles. The van der Waals surface area contributed by atoms with E-state index in [2.05, 4.69) is 54.5 Å². The van der Waals surface area contributed by atoms with E-state index in [1.165, 1.54) is 12.0 Å². The monoisotopic (exact) mass is 541 g/mol. The summed E-state index contributed by atoms with van der Waals surface area (Å²) in [6.45, 7) is 17.5. The van der Waals surface area contributed by atoms with E-state index >= 15 is 0 Å². The number of fused-ring (bicyclic) bond motifs is 7. The summed E-state index contributed by atoms with van der Waals surface area (Å²) < 4.78 is 6.12. The van der Waals surface area contributed by atoms with Gasteiger partial charge in [-0.3, -0.25) is 9.59 Å². The van der Waals surface area contributed by atoms with Crippen LogP contribution in [0.2, 0.25) is 0 Å². The minimum atomic E-state index is -0.588. The number of carbonyl (C=O) groups is 2. The molecule has 5 heteroatoms. The molecule has 5 aliphatic carbocycles. The first kappa shape index (κ1) is 29.1. The van der Waals surface area contributed by atoms with E-state index in [0.717, 1.165) is 51.4 Å². The molecule has 220 valence electrons. The summed E-state index contributed by atoms with van der Waals surface area (Å²) in [5, 5.41) is 10.6. The summed E-state index contributed by atoms with van der Waals surface area (Å²) in [5.74, 6) is 1.52. The summed E-state index contributed by atoms with van der Waals surface area (Å²) in [6, 6.07) is 0. The van der Waals surface area contributed by atoms with Crippen LogP contribution in [0, 0.1) is 56.7 Å². The van der Waals surface area contributed by atoms with Crippen molar-refractivity contribution in [2.75, 3.05) is 6.54 Å². The fraction of sp³-hybridized carbons (Fsp3) is 0.882. The maximum absolute atomic E-state index is 12.9. The molecule has 0 aromatic heterocycles. The van der Waals surface area contributed by atoms with Gasteiger partial charge in [0, 0.05) is 11.8 Å². The minimum Gasteiger partial charge on any atom is -0.481 e. The Morgan fingerprint density at radius 2 is 1.69 bits per heavy atom. The summed E-state index contributed by atoms with van der Waals surface area (Å²) >= 11 is 0. The average molecular weight is 542 g/mol. The third-order valence-electron chi connectivity index (χ3n) is 14.2. The molecule has 5 aliphatic rings. The lowest BCUT2D eigenvalue weighted by atomic mass is 9.33. The normalized spacial score (nSPS) is 48.5. The Kier molecular flexibility index (Phi) is 7.17. The highest BCUT2D eigenvalue weighted by molar-refractivity contribution is 5.76. The number of allylic oxidation sites excluding steroid dienone is 2. The van der Waals surface area contributed by atoms with Crippen LogP contribution in [0.5, 0.6) is 0 Å². The van der Waals surface area contributed by atoms with Gasteiger partial charge in [0.15, 0.2) is 0 Å². The molecule has 10 atom stereocenters. The molecule has 4 saturated carbocycles. The number of esters is 1. The van der Waals surface area contributed by atoms with Crippen LogP contribution in [0.1, 0.15) is 119 Å². The SMILES string of the molecule is C[C@@H]1CC[C@]2(C(=O)O)CC[C@]3(C)C(=CC[C@@H]4[C@@]5(C)CC[C@H](OC(=O)CCCN)C(C)(C)[C@@H]5CC[C@]43C)C2[C@H]1C. The second-order valence-corrected chi connectivity index (χ2v) is 15.8. The number of carboxylic acids is 1. The molecule has 1 unspecified atom stereocenters. The molecule has 0 aliphatic heterocycles. The van der Waals surface area contributed by atoms with Gasteiger partial charge in [-0.15, -0.1) is 0 Å². The Hall–Kier alpha value is -1.36. The highest BCUT2D eigenvalue weighted by atomic mass is 16.5. The largest absolute Gasteiger partial charge is 0.481 e. The van der Waals surface area contributed by atoms with Gasteiger partial charge in [0.1, 0.15) is 6.10 Å². The standard InChI is InChI=1S/C34H55NO4/c1-21-12-17-34(29(37)38)19-18-32(6)23(28(34)22(21)2)10-11-25-31(5)15-14-26(39-27(36)9-8-20-35)30(3,4)24(31)13-16-33(25,32)7/h10,21-22,24-26,28H,8-9,11-20,35H2,1-7H3,(H,37,38)/t21-,22+,24+,25-,26+,28?,31+,32-,33-,34+/m1/s1. The number of aliphatic carboxylic acids is 1. The summed E-state index contributed by atoms with van der Waals surface area (Å²) in [5.41, 5.74) is 6.83. The van der Waals surface area contributed by atoms with Gasteiger partial charge in [-0.2, -0.15) is 0 Å². The number of carboxylic acid groups (broad SMARTS) is 1. The molecule has 0 aromatic carbocycles. The van der Waals surface area contributed by atoms with Gasteiger partial charge in [0.2, 0.25) is 0 Å². The highest BCUT2D eigenvalue weighted by Gasteiger charge is 2.69. The van der Waals surface area contributed by atoms with Crippen molar-refractivity contribution in [3.63, 3.8) is 0 Å². The van der Waals surface area contributed by atoms with Crippen molar-refractivity contribution < 1.29 is 19.4 Å². The number of ether oxygens (including phenoxy) is 1. The van der Waals surface area contributed by atoms with Gasteiger partial charge in [0.05, 0.1) is 5.41 Å². The molecule has 4 fully saturated rings. The maximum Gasteiger partial charge on any atom is 0.310 e. The molecule has 5 rings (SSSR count). The molecule has 0 saturated heterocycles. The zero-order chi connectivity index (χ0) is 28.6. The lowest BCUT2D eigenvalue weighted by Gasteiger charge is -2.71. The maximum atomic E-state index is 12.9. The van der Waals surface area contributed by atoms with Crippen molar-refractivity contribution in [3.05, 3.63) is 11.6 Å². The predicted molar refractivity (Wildman–Crippen MR) is 155 cm³/mol. The summed E-state index contributed by atoms with van der Waals surface area (Å²) in [6.07, 6.45) is 12.7. The zero-order valence-electron chi connectivity index (χ0n) is 25.8. The van der Waals surface area contributed by atoms with Gasteiger partial charge in [-0.25, -0.2) is 0 Å². The fourth-order valence-corrected chi connectivity index (χ4v) is 11.5. The number of rotatable bonds is 5. The van der Waals surface area contributed by atoms with E-state index in [0.29, 0.717) is 43.1 Å². The van der Waals surface area contributed by atoms with Crippen LogP contribution in [0.15, 0.2) is 11.6 Å². The first-order chi connectivity index (χ1) is 18.2. The highest BCUT2D eigenvalue weighted by Crippen LogP contribution is 2.75. The second kappa shape index (κ2) is 9.60. The van der Waals surface area contributed by atoms with Crippen LogP contribution in [-0.4, -0.2) is 29.7 Å². The molecule has 39 heavy (non-hydrogen) atoms. The molecule has 0 amide bonds. The van der Waals surface area contributed by atoms with Gasteiger partial charge in [-0.1, -0.05) is 60.1 Å². The summed E-state index contributed by atoms with van der Waals surface area (Å²) in [7, 11) is 0. The lowest BCUT2D eigenvalue weighted by Crippen LogP contribution is -2.65. The number of hydrogen-bond acceptors (Lipinski definition) is 4. The topological polar surface area (TPSA) is 89.6 Å². The Bertz CT molecular complexity index is 1030. The van der Waals surface area contributed by atoms with E-state index in [9.17, 15) is 14.7 Å². The van der Waals surface area contributed by atoms with Crippen LogP contribution in [0.3, 0.4) is 0 Å². The van der Waals surface area contributed by atoms with Crippen molar-refractivity contribution in [3.8, 4) is 0 Å². The molecule has 0 aromatic rings. The van der Waals surface area contributed by atoms with Crippen molar-refractivity contribution in [1.82, 2.24) is 0 Å². The molecule has 0 spiro atoms. The first-order valence-corrected chi connectivity index (χ1v) is 16.0. The van der Waals surface area contributed by atoms with E-state index in [4.69, 9.17) is 10.5 Å². The smallest absolute Gasteiger partial charge is 0.310 e. The number of hydrogen-bond donors (Lipinski definition) is 2. The third kappa shape index (κ3) is 3.94. The Balaban J connectivity index is 1.49. The number of carbonyl (C=O) groups excluding carboxylic acids is 1. The molecule has 5 nitrogen and oxygen atoms in total. The minimum absolute atomic E-state index is 0.0362. The van der Waals surface area contributed by atoms with Crippen LogP contribution in [-0.2, 0) is 14.3 Å². The molecule has 0 bridgehead atoms. The van der Waals surface area contributed by atoms with Crippen LogP contribution in [0.4, 0.5) is 0 Å². The van der Waals surface area contributed by atoms with E-state index in [-0.39, 0.29) is 39.7 Å². The van der Waals surface area contributed by atoms with Crippen LogP contribution >= 0.6 is 0 Å². The Morgan fingerprint density at radius 3 is 2.36 bits per heavy atom. The third-order valence-corrected chi connectivity index (χ3v) is 14.2. The lowest BCUT2D eigenvalue weighted by molar-refractivity contribution is -0.214. The quantitative estimate of drug-likeness (QED) is 0.280. The van der Waals surface area contributed by atoms with Gasteiger partial charge < -0.3 is 15.6 Å². The van der Waals surface area contributed by atoms with E-state index in [1.54, 1.807) is 0 Å². The van der Waals surface area contributed by atoms with Gasteiger partial charge >= 0.3 is 11.9 Å². The second-order valence-electron chi connectivity index (χ2n) is 15.8. The van der Waals surface area contributed by atoms with Crippen molar-refractivity contribution >= 4 is 11.9 Å². The fourth-order valence-electron chi connectivity index (χ4n) is 11.5. The zero-order valence-corrected chi connectivity index (χ0v) is 25.8. The Morgan fingerprint density at radius 1 is 0.974 bits per heavy atom. The molecular weight excluding hydrogens is 486 g/mol. The van der Waals surface area contributed by atoms with Gasteiger partial charge in [-0.05, 0) is 117 Å². The van der Waals surface area contributed by atoms with Crippen molar-refractivity contribution in [2.45, 2.75) is 125 Å². The first-order valence-electron chi connectivity index (χ1n) is 16.0. The molecule has 3 N–H and O–H groups in total. The van der Waals surface area contributed by atoms with Crippen LogP contribution < -0.4 is 5.73 Å². The number of nitrogens with two attached hydrogens (primary N) is 1. The average Bonchev–Trinajstić information content (AvgIpc) is 2.87. The van der Waals surface area contributed by atoms with E-state index in [1.807, 2.05) is 0 Å². The van der Waals surface area contributed by atoms with Crippen LogP contribution in [0.25, 0.3) is 0 Å². The molecular formula is C34H55NO4. The van der Waals surface area contributed by atoms with E-state index < -0.39 is 11.4 Å². The molecule has 0 radical (unpaired) electrons. The predicted octanol–water partition coefficient (Wildman–Crippen LogP) is 7.38.